The molecule has 0 bridgehead atoms. The number of hydrogen-bond acceptors (Lipinski definition) is 2. The fourth-order valence-electron chi connectivity index (χ4n) is 1.97. The predicted molar refractivity (Wildman–Crippen MR) is 85.5 cm³/mol. The van der Waals surface area contributed by atoms with Crippen molar-refractivity contribution in [3.05, 3.63) is 34.3 Å². The molecule has 1 aromatic rings. The molecule has 2 atom stereocenters. The molecule has 2 rings (SSSR count). The molecular weight excluding hydrogens is 342 g/mol. The van der Waals surface area contributed by atoms with Gasteiger partial charge in [0.25, 0.3) is 0 Å². The molecule has 19 heavy (non-hydrogen) atoms. The van der Waals surface area contributed by atoms with E-state index in [-0.39, 0.29) is 6.04 Å². The Morgan fingerprint density at radius 2 is 2.05 bits per heavy atom. The lowest BCUT2D eigenvalue weighted by molar-refractivity contribution is 0.555. The number of halogens is 1. The fraction of sp³-hybridized carbons (Fsp3) is 0.538. The first-order valence-corrected chi connectivity index (χ1v) is 12.5. The Balaban J connectivity index is 2.02. The topological polar surface area (TPSA) is 37.1 Å². The molecule has 1 saturated heterocycles. The van der Waals surface area contributed by atoms with Gasteiger partial charge in [-0.15, -0.1) is 0 Å². The highest BCUT2D eigenvalue weighted by atomic mass is 79.9. The summed E-state index contributed by atoms with van der Waals surface area (Å²) in [5.41, 5.74) is 1.07. The third-order valence-electron chi connectivity index (χ3n) is 3.27. The van der Waals surface area contributed by atoms with Gasteiger partial charge in [0.1, 0.15) is 0 Å². The van der Waals surface area contributed by atoms with Crippen molar-refractivity contribution in [1.29, 1.82) is 0 Å². The summed E-state index contributed by atoms with van der Waals surface area (Å²) in [6, 6.07) is 8.77. The highest BCUT2D eigenvalue weighted by Crippen LogP contribution is 2.39. The van der Waals surface area contributed by atoms with Crippen molar-refractivity contribution >= 4 is 34.0 Å². The summed E-state index contributed by atoms with van der Waals surface area (Å²) < 4.78 is 27.1. The van der Waals surface area contributed by atoms with Gasteiger partial charge in [-0.05, 0) is 23.7 Å². The summed E-state index contributed by atoms with van der Waals surface area (Å²) in [5.74, 6) is 0.299. The first kappa shape index (κ1) is 15.2. The summed E-state index contributed by atoms with van der Waals surface area (Å²) in [5, 5.41) is 0. The molecule has 1 aliphatic heterocycles. The summed E-state index contributed by atoms with van der Waals surface area (Å²) in [7, 11) is -4.39. The van der Waals surface area contributed by atoms with Gasteiger partial charge in [0, 0.05) is 19.1 Å². The lowest BCUT2D eigenvalue weighted by Gasteiger charge is -2.15. The summed E-state index contributed by atoms with van der Waals surface area (Å²) in [6.45, 7) is 7.24. The number of benzene rings is 1. The lowest BCUT2D eigenvalue weighted by atomic mass is 10.2. The Hall–Kier alpha value is -0.173. The molecule has 3 nitrogen and oxygen atoms in total. The van der Waals surface area contributed by atoms with Crippen LogP contribution in [0.15, 0.2) is 28.7 Å². The van der Waals surface area contributed by atoms with Crippen LogP contribution in [0.5, 0.6) is 0 Å². The fourth-order valence-corrected chi connectivity index (χ4v) is 6.98. The largest absolute Gasteiger partial charge is 0.214 e. The first-order chi connectivity index (χ1) is 8.69. The Bertz CT molecular complexity index is 568. The van der Waals surface area contributed by atoms with E-state index in [0.29, 0.717) is 12.3 Å². The third-order valence-corrected chi connectivity index (χ3v) is 7.71. The van der Waals surface area contributed by atoms with Crippen LogP contribution in [0.4, 0.5) is 0 Å². The molecule has 0 spiro atoms. The molecule has 0 amide bonds. The standard InChI is InChI=1S/C13H20BrNO2SSi/c1-19(2,3)8-7-18(16,17)15-10-13(15)11-5-4-6-12(14)9-11/h4-6,9,13H,7-8,10H2,1-3H3/t13-,15?/m0/s1. The number of sulfonamides is 1. The van der Waals surface area contributed by atoms with E-state index in [4.69, 9.17) is 0 Å². The second kappa shape index (κ2) is 5.31. The van der Waals surface area contributed by atoms with Crippen LogP contribution in [0.25, 0.3) is 0 Å². The van der Waals surface area contributed by atoms with Crippen molar-refractivity contribution < 1.29 is 8.42 Å². The summed E-state index contributed by atoms with van der Waals surface area (Å²) in [4.78, 5) is 0. The normalized spacial score (nSPS) is 23.4. The molecule has 0 aromatic heterocycles. The monoisotopic (exact) mass is 361 g/mol. The predicted octanol–water partition coefficient (Wildman–Crippen LogP) is 3.47. The maximum absolute atomic E-state index is 12.2. The Kier molecular flexibility index (Phi) is 4.25. The van der Waals surface area contributed by atoms with Crippen LogP contribution < -0.4 is 0 Å². The molecule has 1 fully saturated rings. The molecule has 0 N–H and O–H groups in total. The molecule has 0 aliphatic carbocycles. The van der Waals surface area contributed by atoms with E-state index < -0.39 is 18.1 Å². The van der Waals surface area contributed by atoms with Gasteiger partial charge in [0.2, 0.25) is 10.0 Å². The Labute approximate surface area is 125 Å². The van der Waals surface area contributed by atoms with E-state index in [2.05, 4.69) is 35.6 Å². The molecule has 106 valence electrons. The number of nitrogens with zero attached hydrogens (tertiary/aromatic N) is 1. The molecule has 6 heteroatoms. The highest BCUT2D eigenvalue weighted by Gasteiger charge is 2.44. The molecule has 0 saturated carbocycles. The van der Waals surface area contributed by atoms with Crippen LogP contribution in [0, 0.1) is 0 Å². The van der Waals surface area contributed by atoms with Crippen LogP contribution in [-0.4, -0.2) is 33.1 Å². The van der Waals surface area contributed by atoms with E-state index in [0.717, 1.165) is 16.1 Å². The first-order valence-electron chi connectivity index (χ1n) is 6.44. The van der Waals surface area contributed by atoms with Gasteiger partial charge in [-0.25, -0.2) is 8.42 Å². The van der Waals surface area contributed by atoms with E-state index in [1.165, 1.54) is 0 Å². The number of rotatable bonds is 5. The Morgan fingerprint density at radius 3 is 2.63 bits per heavy atom. The van der Waals surface area contributed by atoms with Gasteiger partial charge in [-0.3, -0.25) is 0 Å². The second-order valence-corrected chi connectivity index (χ2v) is 14.8. The zero-order valence-corrected chi connectivity index (χ0v) is 15.0. The van der Waals surface area contributed by atoms with Crippen LogP contribution in [0.1, 0.15) is 11.6 Å². The molecule has 0 radical (unpaired) electrons. The van der Waals surface area contributed by atoms with Crippen molar-refractivity contribution in [3.8, 4) is 0 Å². The van der Waals surface area contributed by atoms with Crippen LogP contribution in [-0.2, 0) is 10.0 Å². The lowest BCUT2D eigenvalue weighted by Crippen LogP contribution is -2.26. The van der Waals surface area contributed by atoms with Crippen molar-refractivity contribution in [3.63, 3.8) is 0 Å². The van der Waals surface area contributed by atoms with Crippen molar-refractivity contribution in [2.24, 2.45) is 0 Å². The Morgan fingerprint density at radius 1 is 1.37 bits per heavy atom. The minimum Gasteiger partial charge on any atom is -0.212 e. The molecule has 1 heterocycles. The van der Waals surface area contributed by atoms with Gasteiger partial charge >= 0.3 is 0 Å². The SMILES string of the molecule is C[Si](C)(C)CCS(=O)(=O)N1C[C@H]1c1cccc(Br)c1. The van der Waals surface area contributed by atoms with Gasteiger partial charge < -0.3 is 0 Å². The van der Waals surface area contributed by atoms with E-state index in [9.17, 15) is 8.42 Å². The van der Waals surface area contributed by atoms with E-state index in [1.807, 2.05) is 24.3 Å². The van der Waals surface area contributed by atoms with Crippen LogP contribution in [0.3, 0.4) is 0 Å². The summed E-state index contributed by atoms with van der Waals surface area (Å²) in [6.07, 6.45) is 0. The van der Waals surface area contributed by atoms with Crippen LogP contribution >= 0.6 is 15.9 Å². The number of hydrogen-bond donors (Lipinski definition) is 0. The van der Waals surface area contributed by atoms with Crippen LogP contribution in [0.2, 0.25) is 25.7 Å². The third kappa shape index (κ3) is 4.14. The average molecular weight is 362 g/mol. The van der Waals surface area contributed by atoms with Gasteiger partial charge in [-0.1, -0.05) is 47.7 Å². The van der Waals surface area contributed by atoms with Gasteiger partial charge in [0.15, 0.2) is 0 Å². The molecule has 1 aromatic carbocycles. The highest BCUT2D eigenvalue weighted by molar-refractivity contribution is 9.10. The summed E-state index contributed by atoms with van der Waals surface area (Å²) >= 11 is 3.42. The smallest absolute Gasteiger partial charge is 0.212 e. The minimum atomic E-state index is -3.08. The van der Waals surface area contributed by atoms with Crippen molar-refractivity contribution in [1.82, 2.24) is 4.31 Å². The average Bonchev–Trinajstić information content (AvgIpc) is 3.06. The minimum absolute atomic E-state index is 0.0455. The van der Waals surface area contributed by atoms with Crippen molar-refractivity contribution in [2.75, 3.05) is 12.3 Å². The quantitative estimate of drug-likeness (QED) is 0.594. The zero-order chi connectivity index (χ0) is 14.3. The zero-order valence-electron chi connectivity index (χ0n) is 11.6. The maximum atomic E-state index is 12.2. The van der Waals surface area contributed by atoms with Crippen molar-refractivity contribution in [2.45, 2.75) is 31.7 Å². The second-order valence-electron chi connectivity index (χ2n) is 6.27. The maximum Gasteiger partial charge on any atom is 0.214 e. The molecule has 1 unspecified atom stereocenters. The van der Waals surface area contributed by atoms with E-state index >= 15 is 0 Å². The van der Waals surface area contributed by atoms with Gasteiger partial charge in [-0.2, -0.15) is 4.31 Å². The van der Waals surface area contributed by atoms with Gasteiger partial charge in [0.05, 0.1) is 11.8 Å². The molecule has 1 aliphatic rings. The molecular formula is C13H20BrNO2SSi. The van der Waals surface area contributed by atoms with E-state index in [1.54, 1.807) is 4.31 Å².